The van der Waals surface area contributed by atoms with E-state index < -0.39 is 5.60 Å². The molecule has 2 heteroatoms. The zero-order chi connectivity index (χ0) is 12.8. The summed E-state index contributed by atoms with van der Waals surface area (Å²) in [6, 6.07) is 8.05. The maximum absolute atomic E-state index is 11.0. The number of fused-ring (bicyclic) bond motifs is 2. The van der Waals surface area contributed by atoms with E-state index in [1.165, 1.54) is 19.3 Å². The molecule has 2 saturated carbocycles. The van der Waals surface area contributed by atoms with Crippen LogP contribution in [0.2, 0.25) is 0 Å². The predicted octanol–water partition coefficient (Wildman–Crippen LogP) is 3.48. The highest BCUT2D eigenvalue weighted by atomic mass is 16.5. The Bertz CT molecular complexity index is 440. The Morgan fingerprint density at radius 3 is 2.78 bits per heavy atom. The van der Waals surface area contributed by atoms with Crippen LogP contribution < -0.4 is 4.74 Å². The molecule has 0 radical (unpaired) electrons. The van der Waals surface area contributed by atoms with Crippen LogP contribution in [-0.2, 0) is 5.60 Å². The summed E-state index contributed by atoms with van der Waals surface area (Å²) in [5, 5.41) is 11.0. The van der Waals surface area contributed by atoms with E-state index in [1.54, 1.807) is 0 Å². The molecule has 0 amide bonds. The third kappa shape index (κ3) is 1.93. The second-order valence-electron chi connectivity index (χ2n) is 6.20. The molecule has 3 atom stereocenters. The Morgan fingerprint density at radius 2 is 2.17 bits per heavy atom. The van der Waals surface area contributed by atoms with Crippen LogP contribution in [0.25, 0.3) is 0 Å². The summed E-state index contributed by atoms with van der Waals surface area (Å²) in [4.78, 5) is 0. The van der Waals surface area contributed by atoms with Crippen LogP contribution in [0.4, 0.5) is 0 Å². The summed E-state index contributed by atoms with van der Waals surface area (Å²) >= 11 is 0. The quantitative estimate of drug-likeness (QED) is 0.884. The van der Waals surface area contributed by atoms with E-state index in [2.05, 4.69) is 0 Å². The smallest absolute Gasteiger partial charge is 0.120 e. The summed E-state index contributed by atoms with van der Waals surface area (Å²) in [6.07, 6.45) is 4.79. The Kier molecular flexibility index (Phi) is 2.86. The van der Waals surface area contributed by atoms with Crippen LogP contribution in [0.1, 0.15) is 45.1 Å². The van der Waals surface area contributed by atoms with Crippen molar-refractivity contribution in [1.29, 1.82) is 0 Å². The predicted molar refractivity (Wildman–Crippen MR) is 71.6 cm³/mol. The van der Waals surface area contributed by atoms with Gasteiger partial charge in [0.25, 0.3) is 0 Å². The summed E-state index contributed by atoms with van der Waals surface area (Å²) in [7, 11) is 0. The van der Waals surface area contributed by atoms with Gasteiger partial charge in [-0.1, -0.05) is 12.1 Å². The number of aliphatic hydroxyl groups is 1. The highest BCUT2D eigenvalue weighted by molar-refractivity contribution is 5.34. The van der Waals surface area contributed by atoms with Crippen molar-refractivity contribution in [3.63, 3.8) is 0 Å². The molecule has 3 rings (SSSR count). The van der Waals surface area contributed by atoms with Gasteiger partial charge in [-0.25, -0.2) is 0 Å². The van der Waals surface area contributed by atoms with Gasteiger partial charge in [-0.15, -0.1) is 0 Å². The molecule has 2 fully saturated rings. The summed E-state index contributed by atoms with van der Waals surface area (Å²) in [6.45, 7) is 4.05. The molecule has 0 saturated heterocycles. The van der Waals surface area contributed by atoms with E-state index in [0.717, 1.165) is 23.7 Å². The molecule has 0 spiro atoms. The van der Waals surface area contributed by atoms with Crippen molar-refractivity contribution in [2.24, 2.45) is 11.8 Å². The zero-order valence-electron chi connectivity index (χ0n) is 11.2. The topological polar surface area (TPSA) is 29.5 Å². The molecule has 2 bridgehead atoms. The molecule has 1 aromatic rings. The zero-order valence-corrected chi connectivity index (χ0v) is 11.2. The van der Waals surface area contributed by atoms with Gasteiger partial charge in [0.05, 0.1) is 11.7 Å². The third-order valence-electron chi connectivity index (χ3n) is 4.52. The van der Waals surface area contributed by atoms with E-state index in [1.807, 2.05) is 38.1 Å². The van der Waals surface area contributed by atoms with Crippen LogP contribution in [0.3, 0.4) is 0 Å². The minimum Gasteiger partial charge on any atom is -0.491 e. The third-order valence-corrected chi connectivity index (χ3v) is 4.52. The SMILES string of the molecule is CC(C)Oc1cccc(C2(O)CC3CCC2C3)c1. The number of hydrogen-bond donors (Lipinski definition) is 1. The van der Waals surface area contributed by atoms with Crippen molar-refractivity contribution in [2.75, 3.05) is 0 Å². The van der Waals surface area contributed by atoms with Gasteiger partial charge in [-0.2, -0.15) is 0 Å². The minimum atomic E-state index is -0.598. The lowest BCUT2D eigenvalue weighted by Gasteiger charge is -2.33. The van der Waals surface area contributed by atoms with Gasteiger partial charge in [0.1, 0.15) is 5.75 Å². The Labute approximate surface area is 109 Å². The van der Waals surface area contributed by atoms with Gasteiger partial charge in [0.15, 0.2) is 0 Å². The van der Waals surface area contributed by atoms with E-state index in [-0.39, 0.29) is 6.10 Å². The maximum atomic E-state index is 11.0. The molecule has 3 unspecified atom stereocenters. The van der Waals surface area contributed by atoms with Gasteiger partial charge in [0.2, 0.25) is 0 Å². The molecule has 0 heterocycles. The lowest BCUT2D eigenvalue weighted by molar-refractivity contribution is -0.0184. The molecule has 0 aromatic heterocycles. The number of hydrogen-bond acceptors (Lipinski definition) is 2. The van der Waals surface area contributed by atoms with Crippen molar-refractivity contribution in [3.8, 4) is 5.75 Å². The second-order valence-corrected chi connectivity index (χ2v) is 6.20. The van der Waals surface area contributed by atoms with Crippen LogP contribution in [-0.4, -0.2) is 11.2 Å². The van der Waals surface area contributed by atoms with Crippen LogP contribution >= 0.6 is 0 Å². The van der Waals surface area contributed by atoms with E-state index >= 15 is 0 Å². The fraction of sp³-hybridized carbons (Fsp3) is 0.625. The number of ether oxygens (including phenoxy) is 1. The molecular weight excluding hydrogens is 224 g/mol. The minimum absolute atomic E-state index is 0.176. The van der Waals surface area contributed by atoms with Crippen LogP contribution in [0, 0.1) is 11.8 Å². The van der Waals surface area contributed by atoms with Gasteiger partial charge < -0.3 is 9.84 Å². The Balaban J connectivity index is 1.88. The first kappa shape index (κ1) is 12.0. The highest BCUT2D eigenvalue weighted by Crippen LogP contribution is 2.55. The average Bonchev–Trinajstić information content (AvgIpc) is 2.89. The van der Waals surface area contributed by atoms with Crippen molar-refractivity contribution < 1.29 is 9.84 Å². The van der Waals surface area contributed by atoms with Crippen molar-refractivity contribution >= 4 is 0 Å². The van der Waals surface area contributed by atoms with E-state index in [9.17, 15) is 5.11 Å². The molecule has 98 valence electrons. The Morgan fingerprint density at radius 1 is 1.33 bits per heavy atom. The van der Waals surface area contributed by atoms with Crippen LogP contribution in [0.15, 0.2) is 24.3 Å². The number of rotatable bonds is 3. The summed E-state index contributed by atoms with van der Waals surface area (Å²) < 4.78 is 5.73. The summed E-state index contributed by atoms with van der Waals surface area (Å²) in [5.41, 5.74) is 0.451. The molecule has 2 aliphatic rings. The molecule has 0 aliphatic heterocycles. The number of benzene rings is 1. The van der Waals surface area contributed by atoms with E-state index in [0.29, 0.717) is 5.92 Å². The fourth-order valence-electron chi connectivity index (χ4n) is 3.77. The standard InChI is InChI=1S/C16H22O2/c1-11(2)18-15-5-3-4-13(9-15)16(17)10-12-6-7-14(16)8-12/h3-5,9,11-12,14,17H,6-8,10H2,1-2H3. The first-order valence-electron chi connectivity index (χ1n) is 7.07. The molecule has 2 nitrogen and oxygen atoms in total. The van der Waals surface area contributed by atoms with Gasteiger partial charge >= 0.3 is 0 Å². The van der Waals surface area contributed by atoms with Gasteiger partial charge in [-0.3, -0.25) is 0 Å². The second kappa shape index (κ2) is 4.27. The first-order chi connectivity index (χ1) is 8.58. The van der Waals surface area contributed by atoms with Crippen molar-refractivity contribution in [2.45, 2.75) is 51.2 Å². The molecule has 2 aliphatic carbocycles. The lowest BCUT2D eigenvalue weighted by atomic mass is 9.79. The van der Waals surface area contributed by atoms with Crippen molar-refractivity contribution in [3.05, 3.63) is 29.8 Å². The molecule has 1 N–H and O–H groups in total. The normalized spacial score (nSPS) is 34.2. The molecular formula is C16H22O2. The largest absolute Gasteiger partial charge is 0.491 e. The van der Waals surface area contributed by atoms with Crippen LogP contribution in [0.5, 0.6) is 5.75 Å². The lowest BCUT2D eigenvalue weighted by Crippen LogP contribution is -2.32. The average molecular weight is 246 g/mol. The van der Waals surface area contributed by atoms with Gasteiger partial charge in [0, 0.05) is 0 Å². The maximum Gasteiger partial charge on any atom is 0.120 e. The fourth-order valence-corrected chi connectivity index (χ4v) is 3.77. The Hall–Kier alpha value is -1.02. The van der Waals surface area contributed by atoms with Gasteiger partial charge in [-0.05, 0) is 69.1 Å². The highest BCUT2D eigenvalue weighted by Gasteiger charge is 2.50. The monoisotopic (exact) mass is 246 g/mol. The van der Waals surface area contributed by atoms with Crippen molar-refractivity contribution in [1.82, 2.24) is 0 Å². The van der Waals surface area contributed by atoms with E-state index in [4.69, 9.17) is 4.74 Å². The first-order valence-corrected chi connectivity index (χ1v) is 7.07. The molecule has 18 heavy (non-hydrogen) atoms. The molecule has 1 aromatic carbocycles. The summed E-state index contributed by atoms with van der Waals surface area (Å²) in [5.74, 6) is 2.06.